The average molecular weight is 230 g/mol. The van der Waals surface area contributed by atoms with E-state index in [-0.39, 0.29) is 17.5 Å². The fourth-order valence-electron chi connectivity index (χ4n) is 1.33. The second kappa shape index (κ2) is 5.04. The zero-order valence-electron chi connectivity index (χ0n) is 11.5. The minimum absolute atomic E-state index is 0.0472. The monoisotopic (exact) mass is 230 g/mol. The van der Waals surface area contributed by atoms with Crippen LogP contribution in [0.4, 0.5) is 4.79 Å². The maximum absolute atomic E-state index is 11.5. The van der Waals surface area contributed by atoms with Gasteiger partial charge in [-0.3, -0.25) is 0 Å². The van der Waals surface area contributed by atoms with Crippen molar-refractivity contribution in [3.05, 3.63) is 0 Å². The molecule has 0 bridgehead atoms. The van der Waals surface area contributed by atoms with E-state index in [0.29, 0.717) is 0 Å². The number of ether oxygens (including phenoxy) is 1. The highest BCUT2D eigenvalue weighted by molar-refractivity contribution is 5.68. The highest BCUT2D eigenvalue weighted by Crippen LogP contribution is 2.20. The van der Waals surface area contributed by atoms with Gasteiger partial charge in [-0.25, -0.2) is 4.79 Å². The molecule has 0 fully saturated rings. The lowest BCUT2D eigenvalue weighted by Gasteiger charge is -2.33. The van der Waals surface area contributed by atoms with Gasteiger partial charge in [0.15, 0.2) is 0 Å². The van der Waals surface area contributed by atoms with Crippen molar-refractivity contribution < 1.29 is 9.53 Å². The first-order valence-electron chi connectivity index (χ1n) is 5.68. The Morgan fingerprint density at radius 3 is 1.94 bits per heavy atom. The zero-order valence-corrected chi connectivity index (χ0v) is 11.5. The van der Waals surface area contributed by atoms with Gasteiger partial charge in [0.05, 0.1) is 0 Å². The van der Waals surface area contributed by atoms with E-state index >= 15 is 0 Å². The number of alkyl carbamates (subject to hydrolysis) is 1. The van der Waals surface area contributed by atoms with Gasteiger partial charge < -0.3 is 15.8 Å². The lowest BCUT2D eigenvalue weighted by molar-refractivity contribution is 0.0489. The van der Waals surface area contributed by atoms with Gasteiger partial charge in [-0.05, 0) is 33.1 Å². The Labute approximate surface area is 98.9 Å². The van der Waals surface area contributed by atoms with Crippen LogP contribution in [0.1, 0.15) is 48.5 Å². The number of carbonyl (C=O) groups is 1. The summed E-state index contributed by atoms with van der Waals surface area (Å²) in [6.07, 6.45) is -0.417. The summed E-state index contributed by atoms with van der Waals surface area (Å²) in [6, 6.07) is -0.227. The third-order valence-electron chi connectivity index (χ3n) is 2.28. The number of nitrogens with one attached hydrogen (secondary N) is 1. The molecule has 1 amide bonds. The summed E-state index contributed by atoms with van der Waals surface area (Å²) in [5.74, 6) is 0. The van der Waals surface area contributed by atoms with Crippen molar-refractivity contribution >= 4 is 6.09 Å². The van der Waals surface area contributed by atoms with Crippen molar-refractivity contribution in [2.45, 2.75) is 66.2 Å². The molecule has 0 saturated heterocycles. The van der Waals surface area contributed by atoms with Gasteiger partial charge in [0, 0.05) is 12.1 Å². The van der Waals surface area contributed by atoms with Gasteiger partial charge in [0.1, 0.15) is 5.60 Å². The molecule has 0 aliphatic rings. The van der Waals surface area contributed by atoms with Gasteiger partial charge in [-0.1, -0.05) is 20.8 Å². The zero-order chi connectivity index (χ0) is 13.1. The van der Waals surface area contributed by atoms with Crippen LogP contribution >= 0.6 is 0 Å². The summed E-state index contributed by atoms with van der Waals surface area (Å²) >= 11 is 0. The molecular formula is C12H26N2O2. The van der Waals surface area contributed by atoms with Gasteiger partial charge in [-0.2, -0.15) is 0 Å². The largest absolute Gasteiger partial charge is 0.444 e. The molecule has 96 valence electrons. The van der Waals surface area contributed by atoms with Crippen LogP contribution in [0, 0.1) is 5.41 Å². The lowest BCUT2D eigenvalue weighted by Crippen LogP contribution is -2.52. The number of amides is 1. The van der Waals surface area contributed by atoms with Crippen LogP contribution in [-0.4, -0.2) is 23.8 Å². The van der Waals surface area contributed by atoms with Crippen molar-refractivity contribution in [2.24, 2.45) is 11.1 Å². The van der Waals surface area contributed by atoms with E-state index in [0.717, 1.165) is 0 Å². The molecule has 16 heavy (non-hydrogen) atoms. The highest BCUT2D eigenvalue weighted by atomic mass is 16.6. The Hall–Kier alpha value is -0.770. The van der Waals surface area contributed by atoms with Crippen LogP contribution in [0.5, 0.6) is 0 Å². The molecule has 2 unspecified atom stereocenters. The van der Waals surface area contributed by atoms with E-state index in [1.807, 2.05) is 48.5 Å². The number of carbonyl (C=O) groups excluding carboxylic acids is 1. The summed E-state index contributed by atoms with van der Waals surface area (Å²) in [4.78, 5) is 11.5. The number of nitrogens with two attached hydrogens (primary N) is 1. The van der Waals surface area contributed by atoms with Gasteiger partial charge >= 0.3 is 6.09 Å². The molecule has 0 saturated carbocycles. The van der Waals surface area contributed by atoms with Crippen molar-refractivity contribution in [3.8, 4) is 0 Å². The molecular weight excluding hydrogens is 204 g/mol. The van der Waals surface area contributed by atoms with Crippen LogP contribution in [0.3, 0.4) is 0 Å². The molecule has 0 heterocycles. The third kappa shape index (κ3) is 5.95. The standard InChI is InChI=1S/C12H26N2O2/c1-8(9(13)11(2,3)4)14-10(15)16-12(5,6)7/h8-9H,13H2,1-7H3,(H,14,15). The first-order chi connectivity index (χ1) is 6.93. The molecule has 0 rings (SSSR count). The fourth-order valence-corrected chi connectivity index (χ4v) is 1.33. The van der Waals surface area contributed by atoms with E-state index in [4.69, 9.17) is 10.5 Å². The first kappa shape index (κ1) is 15.2. The predicted molar refractivity (Wildman–Crippen MR) is 66.3 cm³/mol. The Morgan fingerprint density at radius 1 is 1.19 bits per heavy atom. The maximum Gasteiger partial charge on any atom is 0.407 e. The van der Waals surface area contributed by atoms with Crippen LogP contribution in [0.2, 0.25) is 0 Å². The fraction of sp³-hybridized carbons (Fsp3) is 0.917. The summed E-state index contributed by atoms with van der Waals surface area (Å²) in [7, 11) is 0. The smallest absolute Gasteiger partial charge is 0.407 e. The van der Waals surface area contributed by atoms with E-state index < -0.39 is 11.7 Å². The Kier molecular flexibility index (Phi) is 4.80. The quantitative estimate of drug-likeness (QED) is 0.765. The Balaban J connectivity index is 4.26. The maximum atomic E-state index is 11.5. The van der Waals surface area contributed by atoms with E-state index in [1.165, 1.54) is 0 Å². The van der Waals surface area contributed by atoms with Crippen molar-refractivity contribution in [2.75, 3.05) is 0 Å². The summed E-state index contributed by atoms with van der Waals surface area (Å²) in [6.45, 7) is 13.5. The Morgan fingerprint density at radius 2 is 1.62 bits per heavy atom. The molecule has 0 aromatic heterocycles. The molecule has 0 aliphatic heterocycles. The Bertz CT molecular complexity index is 238. The summed E-state index contributed by atoms with van der Waals surface area (Å²) in [5.41, 5.74) is 5.51. The summed E-state index contributed by atoms with van der Waals surface area (Å²) < 4.78 is 5.17. The SMILES string of the molecule is CC(NC(=O)OC(C)(C)C)C(N)C(C)(C)C. The van der Waals surface area contributed by atoms with Crippen molar-refractivity contribution in [3.63, 3.8) is 0 Å². The minimum Gasteiger partial charge on any atom is -0.444 e. The van der Waals surface area contributed by atoms with E-state index in [2.05, 4.69) is 5.32 Å². The van der Waals surface area contributed by atoms with Crippen molar-refractivity contribution in [1.82, 2.24) is 5.32 Å². The van der Waals surface area contributed by atoms with Crippen LogP contribution in [0.25, 0.3) is 0 Å². The second-order valence-electron chi connectivity index (χ2n) is 6.33. The van der Waals surface area contributed by atoms with Crippen LogP contribution < -0.4 is 11.1 Å². The highest BCUT2D eigenvalue weighted by Gasteiger charge is 2.28. The number of hydrogen-bond donors (Lipinski definition) is 2. The molecule has 4 heteroatoms. The van der Waals surface area contributed by atoms with Crippen LogP contribution in [0.15, 0.2) is 0 Å². The minimum atomic E-state index is -0.477. The molecule has 0 aliphatic carbocycles. The molecule has 0 aromatic carbocycles. The number of hydrogen-bond acceptors (Lipinski definition) is 3. The number of rotatable bonds is 2. The first-order valence-corrected chi connectivity index (χ1v) is 5.68. The lowest BCUT2D eigenvalue weighted by atomic mass is 9.83. The molecule has 0 spiro atoms. The van der Waals surface area contributed by atoms with Crippen LogP contribution in [-0.2, 0) is 4.74 Å². The van der Waals surface area contributed by atoms with Gasteiger partial charge in [-0.15, -0.1) is 0 Å². The molecule has 0 aromatic rings. The second-order valence-corrected chi connectivity index (χ2v) is 6.33. The van der Waals surface area contributed by atoms with E-state index in [1.54, 1.807) is 0 Å². The molecule has 4 nitrogen and oxygen atoms in total. The molecule has 2 atom stereocenters. The normalized spacial score (nSPS) is 16.5. The van der Waals surface area contributed by atoms with Gasteiger partial charge in [0.2, 0.25) is 0 Å². The predicted octanol–water partition coefficient (Wildman–Crippen LogP) is 2.27. The molecule has 0 radical (unpaired) electrons. The topological polar surface area (TPSA) is 64.3 Å². The van der Waals surface area contributed by atoms with E-state index in [9.17, 15) is 4.79 Å². The average Bonchev–Trinajstić information content (AvgIpc) is 1.96. The third-order valence-corrected chi connectivity index (χ3v) is 2.28. The van der Waals surface area contributed by atoms with Gasteiger partial charge in [0.25, 0.3) is 0 Å². The van der Waals surface area contributed by atoms with Crippen molar-refractivity contribution in [1.29, 1.82) is 0 Å². The molecule has 3 N–H and O–H groups in total. The summed E-state index contributed by atoms with van der Waals surface area (Å²) in [5, 5.41) is 2.76.